The fourth-order valence-electron chi connectivity index (χ4n) is 4.29. The van der Waals surface area contributed by atoms with Crippen LogP contribution < -0.4 is 14.8 Å². The zero-order chi connectivity index (χ0) is 26.2. The number of fused-ring (bicyclic) bond motifs is 1. The van der Waals surface area contributed by atoms with E-state index in [0.717, 1.165) is 57.8 Å². The number of aryl methyl sites for hydroxylation is 1. The minimum atomic E-state index is -0.255. The molecule has 0 aliphatic rings. The summed E-state index contributed by atoms with van der Waals surface area (Å²) in [6, 6.07) is 21.1. The third-order valence-corrected chi connectivity index (χ3v) is 6.58. The van der Waals surface area contributed by atoms with Crippen LogP contribution in [0.15, 0.2) is 77.3 Å². The fourth-order valence-corrected chi connectivity index (χ4v) is 4.69. The molecule has 3 aromatic carbocycles. The van der Waals surface area contributed by atoms with E-state index in [-0.39, 0.29) is 11.9 Å². The topological polar surface area (TPSA) is 65.4 Å². The van der Waals surface area contributed by atoms with E-state index in [1.54, 1.807) is 13.2 Å². The molecule has 1 aromatic heterocycles. The third-order valence-electron chi connectivity index (χ3n) is 6.09. The minimum Gasteiger partial charge on any atom is -0.493 e. The number of allylic oxidation sites excluding steroid dienone is 1. The van der Waals surface area contributed by atoms with Gasteiger partial charge in [0.25, 0.3) is 5.91 Å². The number of hydrogen-bond acceptors (Lipinski definition) is 4. The summed E-state index contributed by atoms with van der Waals surface area (Å²) in [4.78, 5) is 17.7. The van der Waals surface area contributed by atoms with E-state index in [2.05, 4.69) is 31.9 Å². The van der Waals surface area contributed by atoms with Crippen molar-refractivity contribution < 1.29 is 14.3 Å². The van der Waals surface area contributed by atoms with Crippen LogP contribution in [0, 0.1) is 0 Å². The van der Waals surface area contributed by atoms with E-state index in [1.165, 1.54) is 0 Å². The summed E-state index contributed by atoms with van der Waals surface area (Å²) in [6.45, 7) is 5.31. The Morgan fingerprint density at radius 3 is 2.70 bits per heavy atom. The summed E-state index contributed by atoms with van der Waals surface area (Å²) in [6.07, 6.45) is 5.79. The van der Waals surface area contributed by atoms with Gasteiger partial charge in [-0.15, -0.1) is 0 Å². The summed E-state index contributed by atoms with van der Waals surface area (Å²) >= 11 is 3.43. The number of carbonyl (C=O) groups excluding carboxylic acids is 1. The number of carbonyl (C=O) groups is 1. The monoisotopic (exact) mass is 561 g/mol. The van der Waals surface area contributed by atoms with Crippen LogP contribution in [-0.2, 0) is 6.54 Å². The average molecular weight is 563 g/mol. The first-order chi connectivity index (χ1) is 18.0. The first-order valence-electron chi connectivity index (χ1n) is 12.4. The predicted molar refractivity (Wildman–Crippen MR) is 152 cm³/mol. The zero-order valence-electron chi connectivity index (χ0n) is 21.4. The van der Waals surface area contributed by atoms with Crippen molar-refractivity contribution in [1.29, 1.82) is 0 Å². The highest BCUT2D eigenvalue weighted by Gasteiger charge is 2.19. The lowest BCUT2D eigenvalue weighted by Crippen LogP contribution is -2.28. The minimum absolute atomic E-state index is 0.129. The van der Waals surface area contributed by atoms with E-state index >= 15 is 0 Å². The fraction of sp³-hybridized carbons (Fsp3) is 0.267. The molecule has 1 heterocycles. The zero-order valence-corrected chi connectivity index (χ0v) is 23.0. The number of ether oxygens (including phenoxy) is 2. The van der Waals surface area contributed by atoms with Crippen LogP contribution in [0.3, 0.4) is 0 Å². The number of hydrogen-bond donors (Lipinski definition) is 1. The molecule has 0 aliphatic heterocycles. The molecule has 37 heavy (non-hydrogen) atoms. The van der Waals surface area contributed by atoms with Gasteiger partial charge >= 0.3 is 0 Å². The molecule has 1 atom stereocenters. The van der Waals surface area contributed by atoms with Crippen molar-refractivity contribution in [3.05, 3.63) is 94.2 Å². The van der Waals surface area contributed by atoms with Crippen molar-refractivity contribution in [3.8, 4) is 11.5 Å². The molecule has 0 fully saturated rings. The first kappa shape index (κ1) is 26.5. The Morgan fingerprint density at radius 2 is 1.92 bits per heavy atom. The quantitative estimate of drug-likeness (QED) is 0.197. The van der Waals surface area contributed by atoms with E-state index in [1.807, 2.05) is 80.6 Å². The number of aromatic nitrogens is 2. The van der Waals surface area contributed by atoms with Crippen LogP contribution in [-0.4, -0.2) is 29.2 Å². The number of unbranched alkanes of at least 4 members (excludes halogenated alkanes) is 1. The predicted octanol–water partition coefficient (Wildman–Crippen LogP) is 7.19. The van der Waals surface area contributed by atoms with E-state index < -0.39 is 0 Å². The van der Waals surface area contributed by atoms with Gasteiger partial charge in [-0.1, -0.05) is 52.3 Å². The first-order valence-corrected chi connectivity index (χ1v) is 13.2. The smallest absolute Gasteiger partial charge is 0.251 e. The molecule has 4 aromatic rings. The van der Waals surface area contributed by atoms with Gasteiger partial charge in [0, 0.05) is 16.6 Å². The lowest BCUT2D eigenvalue weighted by molar-refractivity contribution is 0.0937. The Hall–Kier alpha value is -3.58. The Balaban J connectivity index is 1.41. The van der Waals surface area contributed by atoms with Crippen molar-refractivity contribution >= 4 is 38.9 Å². The van der Waals surface area contributed by atoms with Gasteiger partial charge in [-0.2, -0.15) is 0 Å². The van der Waals surface area contributed by atoms with Crippen LogP contribution >= 0.6 is 15.9 Å². The second-order valence-electron chi connectivity index (χ2n) is 8.78. The number of amides is 1. The Labute approximate surface area is 226 Å². The number of imidazole rings is 1. The Kier molecular flexibility index (Phi) is 9.01. The molecular weight excluding hydrogens is 530 g/mol. The van der Waals surface area contributed by atoms with Crippen molar-refractivity contribution in [2.45, 2.75) is 39.3 Å². The number of rotatable bonds is 11. The maximum atomic E-state index is 12.9. The summed E-state index contributed by atoms with van der Waals surface area (Å²) in [5.74, 6) is 2.18. The van der Waals surface area contributed by atoms with Gasteiger partial charge in [0.15, 0.2) is 11.5 Å². The van der Waals surface area contributed by atoms with Gasteiger partial charge in [0.1, 0.15) is 5.82 Å². The average Bonchev–Trinajstić information content (AvgIpc) is 3.28. The van der Waals surface area contributed by atoms with Crippen LogP contribution in [0.25, 0.3) is 17.1 Å². The molecule has 1 amide bonds. The Morgan fingerprint density at radius 1 is 1.08 bits per heavy atom. The van der Waals surface area contributed by atoms with Crippen LogP contribution in [0.1, 0.15) is 54.5 Å². The molecule has 7 heteroatoms. The lowest BCUT2D eigenvalue weighted by atomic mass is 10.2. The highest BCUT2D eigenvalue weighted by Crippen LogP contribution is 2.29. The van der Waals surface area contributed by atoms with Crippen molar-refractivity contribution in [1.82, 2.24) is 14.9 Å². The number of halogens is 1. The summed E-state index contributed by atoms with van der Waals surface area (Å²) < 4.78 is 14.6. The second kappa shape index (κ2) is 12.6. The molecule has 0 radical (unpaired) electrons. The molecule has 4 rings (SSSR count). The molecule has 0 aliphatic carbocycles. The van der Waals surface area contributed by atoms with Crippen molar-refractivity contribution in [2.24, 2.45) is 0 Å². The highest BCUT2D eigenvalue weighted by atomic mass is 79.9. The number of benzene rings is 3. The molecule has 0 saturated heterocycles. The molecule has 192 valence electrons. The normalized spacial score (nSPS) is 12.1. The molecule has 1 N–H and O–H groups in total. The number of para-hydroxylation sites is 2. The second-order valence-corrected chi connectivity index (χ2v) is 9.70. The number of nitrogens with one attached hydrogen (secondary N) is 1. The van der Waals surface area contributed by atoms with Gasteiger partial charge in [-0.3, -0.25) is 4.79 Å². The molecule has 0 spiro atoms. The van der Waals surface area contributed by atoms with E-state index in [9.17, 15) is 4.79 Å². The van der Waals surface area contributed by atoms with E-state index in [4.69, 9.17) is 14.5 Å². The van der Waals surface area contributed by atoms with Gasteiger partial charge in [-0.25, -0.2) is 4.98 Å². The molecule has 1 unspecified atom stereocenters. The molecule has 0 saturated carbocycles. The summed E-state index contributed by atoms with van der Waals surface area (Å²) in [5, 5.41) is 3.10. The standard InChI is InChI=1S/C30H32BrN3O3/c1-4-10-22-15-16-27(28(19-22)36-3)37-18-8-7-17-34-26-14-6-5-13-25(26)33-29(34)21(2)32-30(35)23-11-9-12-24(31)20-23/h4-6,9-16,19-21H,7-8,17-18H2,1-3H3,(H,32,35)/b10-4+. The third kappa shape index (κ3) is 6.60. The van der Waals surface area contributed by atoms with Crippen LogP contribution in [0.5, 0.6) is 11.5 Å². The van der Waals surface area contributed by atoms with Gasteiger partial charge in [0.05, 0.1) is 30.8 Å². The molecular formula is C30H32BrN3O3. The van der Waals surface area contributed by atoms with Crippen molar-refractivity contribution in [3.63, 3.8) is 0 Å². The maximum Gasteiger partial charge on any atom is 0.251 e. The van der Waals surface area contributed by atoms with Gasteiger partial charge < -0.3 is 19.4 Å². The van der Waals surface area contributed by atoms with Crippen LogP contribution in [0.4, 0.5) is 0 Å². The van der Waals surface area contributed by atoms with E-state index in [0.29, 0.717) is 12.2 Å². The lowest BCUT2D eigenvalue weighted by Gasteiger charge is -2.17. The number of nitrogens with zero attached hydrogens (tertiary/aromatic N) is 2. The largest absolute Gasteiger partial charge is 0.493 e. The summed E-state index contributed by atoms with van der Waals surface area (Å²) in [7, 11) is 1.66. The number of methoxy groups -OCH3 is 1. The van der Waals surface area contributed by atoms with Crippen LogP contribution in [0.2, 0.25) is 0 Å². The molecule has 6 nitrogen and oxygen atoms in total. The SMILES string of the molecule is C/C=C/c1ccc(OCCCCn2c(C(C)NC(=O)c3cccc(Br)c3)nc3ccccc32)c(OC)c1. The molecule has 0 bridgehead atoms. The Bertz CT molecular complexity index is 1400. The highest BCUT2D eigenvalue weighted by molar-refractivity contribution is 9.10. The van der Waals surface area contributed by atoms with Gasteiger partial charge in [-0.05, 0) is 74.7 Å². The summed E-state index contributed by atoms with van der Waals surface area (Å²) in [5.41, 5.74) is 3.66. The van der Waals surface area contributed by atoms with Gasteiger partial charge in [0.2, 0.25) is 0 Å². The van der Waals surface area contributed by atoms with Crippen molar-refractivity contribution in [2.75, 3.05) is 13.7 Å². The maximum absolute atomic E-state index is 12.9.